The lowest BCUT2D eigenvalue weighted by Crippen LogP contribution is -2.32. The van der Waals surface area contributed by atoms with E-state index in [1.807, 2.05) is 0 Å². The first-order valence-corrected chi connectivity index (χ1v) is 7.35. The van der Waals surface area contributed by atoms with E-state index < -0.39 is 0 Å². The van der Waals surface area contributed by atoms with Gasteiger partial charge in [0.2, 0.25) is 0 Å². The highest BCUT2D eigenvalue weighted by Crippen LogP contribution is 2.51. The van der Waals surface area contributed by atoms with Gasteiger partial charge in [0.15, 0.2) is 0 Å². The molecule has 1 aromatic carbocycles. The maximum atomic E-state index is 12.0. The number of benzene rings is 1. The number of hydrogen-bond acceptors (Lipinski definition) is 1. The van der Waals surface area contributed by atoms with E-state index in [0.29, 0.717) is 21.9 Å². The summed E-state index contributed by atoms with van der Waals surface area (Å²) < 4.78 is 0.807. The van der Waals surface area contributed by atoms with Crippen LogP contribution in [0, 0.1) is 11.3 Å². The molecule has 1 amide bonds. The van der Waals surface area contributed by atoms with Gasteiger partial charge in [0.1, 0.15) is 0 Å². The first kappa shape index (κ1) is 13.9. The van der Waals surface area contributed by atoms with Crippen molar-refractivity contribution < 1.29 is 4.79 Å². The Balaban J connectivity index is 1.98. The molecule has 0 bridgehead atoms. The van der Waals surface area contributed by atoms with Crippen LogP contribution in [0.3, 0.4) is 0 Å². The van der Waals surface area contributed by atoms with Gasteiger partial charge in [-0.15, -0.1) is 0 Å². The molecule has 0 saturated heterocycles. The smallest absolute Gasteiger partial charge is 0.251 e. The summed E-state index contributed by atoms with van der Waals surface area (Å²) in [4.78, 5) is 12.0. The molecule has 98 valence electrons. The largest absolute Gasteiger partial charge is 0.351 e. The van der Waals surface area contributed by atoms with Crippen molar-refractivity contribution in [2.75, 3.05) is 6.54 Å². The van der Waals surface area contributed by atoms with Crippen molar-refractivity contribution in [1.29, 1.82) is 0 Å². The van der Waals surface area contributed by atoms with Gasteiger partial charge in [0.05, 0.1) is 5.02 Å². The summed E-state index contributed by atoms with van der Waals surface area (Å²) >= 11 is 9.30. The molecule has 0 heterocycles. The minimum atomic E-state index is -0.0451. The van der Waals surface area contributed by atoms with Gasteiger partial charge >= 0.3 is 0 Å². The molecule has 2 rings (SSSR count). The summed E-state index contributed by atoms with van der Waals surface area (Å²) in [6.07, 6.45) is 2.43. The van der Waals surface area contributed by atoms with Gasteiger partial charge in [-0.2, -0.15) is 0 Å². The summed E-state index contributed by atoms with van der Waals surface area (Å²) in [5, 5.41) is 3.58. The Morgan fingerprint density at radius 3 is 2.67 bits per heavy atom. The van der Waals surface area contributed by atoms with E-state index in [0.717, 1.165) is 11.0 Å². The lowest BCUT2D eigenvalue weighted by atomic mass is 9.92. The van der Waals surface area contributed by atoms with Gasteiger partial charge in [-0.1, -0.05) is 25.4 Å². The zero-order chi connectivity index (χ0) is 13.3. The van der Waals surface area contributed by atoms with Crippen LogP contribution >= 0.6 is 27.5 Å². The highest BCUT2D eigenvalue weighted by Gasteiger charge is 2.45. The van der Waals surface area contributed by atoms with Crippen molar-refractivity contribution >= 4 is 33.4 Å². The zero-order valence-electron chi connectivity index (χ0n) is 10.6. The third-order valence-electron chi connectivity index (χ3n) is 3.90. The lowest BCUT2D eigenvalue weighted by Gasteiger charge is -2.20. The molecule has 1 aliphatic rings. The molecule has 1 fully saturated rings. The quantitative estimate of drug-likeness (QED) is 0.877. The summed E-state index contributed by atoms with van der Waals surface area (Å²) in [6.45, 7) is 5.20. The van der Waals surface area contributed by atoms with Gasteiger partial charge in [-0.3, -0.25) is 4.79 Å². The molecule has 1 N–H and O–H groups in total. The topological polar surface area (TPSA) is 29.1 Å². The Morgan fingerprint density at radius 1 is 1.50 bits per heavy atom. The highest BCUT2D eigenvalue weighted by molar-refractivity contribution is 9.10. The van der Waals surface area contributed by atoms with E-state index >= 15 is 0 Å². The maximum absolute atomic E-state index is 12.0. The predicted octanol–water partition coefficient (Wildman–Crippen LogP) is 4.27. The molecule has 4 heteroatoms. The van der Waals surface area contributed by atoms with E-state index in [-0.39, 0.29) is 5.91 Å². The summed E-state index contributed by atoms with van der Waals surface area (Å²) in [6, 6.07) is 5.27. The van der Waals surface area contributed by atoms with Crippen LogP contribution in [0.5, 0.6) is 0 Å². The number of halogens is 2. The minimum Gasteiger partial charge on any atom is -0.351 e. The molecule has 2 nitrogen and oxygen atoms in total. The fourth-order valence-corrected chi connectivity index (χ4v) is 2.54. The van der Waals surface area contributed by atoms with Gasteiger partial charge in [0, 0.05) is 16.6 Å². The fraction of sp³-hybridized carbons (Fsp3) is 0.500. The number of carbonyl (C=O) groups excluding carboxylic acids is 1. The lowest BCUT2D eigenvalue weighted by molar-refractivity contribution is 0.0940. The van der Waals surface area contributed by atoms with E-state index in [9.17, 15) is 4.79 Å². The maximum Gasteiger partial charge on any atom is 0.251 e. The molecule has 1 aliphatic carbocycles. The number of amides is 1. The van der Waals surface area contributed by atoms with Crippen LogP contribution in [0.2, 0.25) is 5.02 Å². The molecule has 0 unspecified atom stereocenters. The standard InChI is InChI=1S/C14H17BrClNO/c1-9(2)14(5-6-14)8-17-13(18)10-3-4-11(15)12(16)7-10/h3-4,7,9H,5-6,8H2,1-2H3,(H,17,18). The van der Waals surface area contributed by atoms with E-state index in [2.05, 4.69) is 35.1 Å². The average Bonchev–Trinajstić information content (AvgIpc) is 3.11. The highest BCUT2D eigenvalue weighted by atomic mass is 79.9. The van der Waals surface area contributed by atoms with Gasteiger partial charge in [0.25, 0.3) is 5.91 Å². The monoisotopic (exact) mass is 329 g/mol. The Bertz CT molecular complexity index is 469. The minimum absolute atomic E-state index is 0.0451. The molecule has 1 aromatic rings. The molecule has 1 saturated carbocycles. The number of carbonyl (C=O) groups is 1. The predicted molar refractivity (Wildman–Crippen MR) is 78.0 cm³/mol. The first-order valence-electron chi connectivity index (χ1n) is 6.18. The van der Waals surface area contributed by atoms with Crippen LogP contribution in [0.4, 0.5) is 0 Å². The Morgan fingerprint density at radius 2 is 2.17 bits per heavy atom. The van der Waals surface area contributed by atoms with Crippen molar-refractivity contribution in [3.8, 4) is 0 Å². The number of rotatable bonds is 4. The Labute approximate surface area is 121 Å². The van der Waals surface area contributed by atoms with Crippen LogP contribution < -0.4 is 5.32 Å². The molecular formula is C14H17BrClNO. The summed E-state index contributed by atoms with van der Waals surface area (Å²) in [7, 11) is 0. The molecule has 0 spiro atoms. The van der Waals surface area contributed by atoms with Gasteiger partial charge in [-0.05, 0) is 58.3 Å². The molecule has 0 atom stereocenters. The van der Waals surface area contributed by atoms with Crippen LogP contribution in [0.1, 0.15) is 37.0 Å². The second-order valence-corrected chi connectivity index (χ2v) is 6.59. The van der Waals surface area contributed by atoms with Crippen LogP contribution in [0.25, 0.3) is 0 Å². The third-order valence-corrected chi connectivity index (χ3v) is 5.13. The first-order chi connectivity index (χ1) is 8.44. The Hall–Kier alpha value is -0.540. The van der Waals surface area contributed by atoms with Crippen molar-refractivity contribution in [3.05, 3.63) is 33.3 Å². The van der Waals surface area contributed by atoms with Crippen LogP contribution in [-0.2, 0) is 0 Å². The summed E-state index contributed by atoms with van der Waals surface area (Å²) in [5.41, 5.74) is 0.942. The number of hydrogen-bond donors (Lipinski definition) is 1. The van der Waals surface area contributed by atoms with Crippen molar-refractivity contribution in [2.45, 2.75) is 26.7 Å². The van der Waals surface area contributed by atoms with E-state index in [4.69, 9.17) is 11.6 Å². The summed E-state index contributed by atoms with van der Waals surface area (Å²) in [5.74, 6) is 0.572. The second-order valence-electron chi connectivity index (χ2n) is 5.33. The molecule has 0 aromatic heterocycles. The molecule has 0 aliphatic heterocycles. The van der Waals surface area contributed by atoms with E-state index in [1.165, 1.54) is 12.8 Å². The molecule has 0 radical (unpaired) electrons. The molecular weight excluding hydrogens is 314 g/mol. The van der Waals surface area contributed by atoms with Gasteiger partial charge in [-0.25, -0.2) is 0 Å². The Kier molecular flexibility index (Phi) is 4.02. The second kappa shape index (κ2) is 5.22. The van der Waals surface area contributed by atoms with E-state index in [1.54, 1.807) is 18.2 Å². The third kappa shape index (κ3) is 2.89. The van der Waals surface area contributed by atoms with Crippen molar-refractivity contribution in [3.63, 3.8) is 0 Å². The molecule has 18 heavy (non-hydrogen) atoms. The van der Waals surface area contributed by atoms with Crippen LogP contribution in [0.15, 0.2) is 22.7 Å². The average molecular weight is 331 g/mol. The van der Waals surface area contributed by atoms with Crippen molar-refractivity contribution in [2.24, 2.45) is 11.3 Å². The fourth-order valence-electron chi connectivity index (χ4n) is 2.11. The van der Waals surface area contributed by atoms with Crippen LogP contribution in [-0.4, -0.2) is 12.5 Å². The van der Waals surface area contributed by atoms with Crippen molar-refractivity contribution in [1.82, 2.24) is 5.32 Å². The SMILES string of the molecule is CC(C)C1(CNC(=O)c2ccc(Br)c(Cl)c2)CC1. The van der Waals surface area contributed by atoms with Gasteiger partial charge < -0.3 is 5.32 Å². The zero-order valence-corrected chi connectivity index (χ0v) is 12.9. The normalized spacial score (nSPS) is 16.7. The number of nitrogens with one attached hydrogen (secondary N) is 1.